The summed E-state index contributed by atoms with van der Waals surface area (Å²) in [6.07, 6.45) is 1.53. The number of amides is 1. The van der Waals surface area contributed by atoms with Crippen molar-refractivity contribution < 1.29 is 18.0 Å². The molecule has 4 aromatic rings. The molecule has 10 heteroatoms. The van der Waals surface area contributed by atoms with Crippen molar-refractivity contribution in [3.8, 4) is 11.3 Å². The van der Waals surface area contributed by atoms with E-state index in [9.17, 15) is 18.0 Å². The van der Waals surface area contributed by atoms with Gasteiger partial charge in [-0.2, -0.15) is 18.3 Å². The van der Waals surface area contributed by atoms with Crippen LogP contribution in [0.15, 0.2) is 79.4 Å². The summed E-state index contributed by atoms with van der Waals surface area (Å²) < 4.78 is 40.3. The van der Waals surface area contributed by atoms with Crippen molar-refractivity contribution >= 4 is 11.7 Å². The molecule has 5 rings (SSSR count). The molecule has 36 heavy (non-hydrogen) atoms. The van der Waals surface area contributed by atoms with Gasteiger partial charge in [-0.25, -0.2) is 4.98 Å². The van der Waals surface area contributed by atoms with Crippen molar-refractivity contribution in [3.05, 3.63) is 96.1 Å². The highest BCUT2D eigenvalue weighted by Gasteiger charge is 2.31. The van der Waals surface area contributed by atoms with Gasteiger partial charge in [0.25, 0.3) is 5.91 Å². The number of piperazine rings is 1. The van der Waals surface area contributed by atoms with Crippen molar-refractivity contribution in [2.45, 2.75) is 12.7 Å². The zero-order valence-electron chi connectivity index (χ0n) is 19.3. The largest absolute Gasteiger partial charge is 0.417 e. The van der Waals surface area contributed by atoms with E-state index in [0.29, 0.717) is 49.8 Å². The number of rotatable bonds is 5. The molecule has 0 bridgehead atoms. The first-order chi connectivity index (χ1) is 17.4. The zero-order chi connectivity index (χ0) is 25.1. The van der Waals surface area contributed by atoms with Gasteiger partial charge >= 0.3 is 6.18 Å². The lowest BCUT2D eigenvalue weighted by atomic mass is 10.1. The molecule has 1 saturated heterocycles. The number of halogens is 3. The first-order valence-electron chi connectivity index (χ1n) is 11.5. The van der Waals surface area contributed by atoms with Crippen LogP contribution in [0.2, 0.25) is 0 Å². The van der Waals surface area contributed by atoms with Crippen molar-refractivity contribution in [1.29, 1.82) is 0 Å². The Kier molecular flexibility index (Phi) is 6.41. The van der Waals surface area contributed by atoms with Crippen LogP contribution in [0.4, 0.5) is 19.0 Å². The van der Waals surface area contributed by atoms with E-state index in [0.717, 1.165) is 23.4 Å². The summed E-state index contributed by atoms with van der Waals surface area (Å²) in [6, 6.07) is 15.9. The SMILES string of the molecule is O=C(c1cn(Cc2ccccc2)nc1-c1cccnc1)N1CCN(c2ccc(C(F)(F)F)cn2)CC1. The number of hydrogen-bond donors (Lipinski definition) is 0. The number of pyridine rings is 2. The zero-order valence-corrected chi connectivity index (χ0v) is 19.3. The number of carbonyl (C=O) groups is 1. The van der Waals surface area contributed by atoms with Gasteiger partial charge in [0.2, 0.25) is 0 Å². The predicted octanol–water partition coefficient (Wildman–Crippen LogP) is 4.37. The molecule has 184 valence electrons. The molecule has 7 nitrogen and oxygen atoms in total. The smallest absolute Gasteiger partial charge is 0.353 e. The van der Waals surface area contributed by atoms with Gasteiger partial charge in [0.1, 0.15) is 11.5 Å². The van der Waals surface area contributed by atoms with Crippen LogP contribution in [-0.4, -0.2) is 56.7 Å². The third kappa shape index (κ3) is 5.07. The van der Waals surface area contributed by atoms with Crippen LogP contribution < -0.4 is 4.90 Å². The average molecular weight is 493 g/mol. The van der Waals surface area contributed by atoms with Gasteiger partial charge in [0, 0.05) is 56.5 Å². The quantitative estimate of drug-likeness (QED) is 0.414. The Bertz CT molecular complexity index is 1320. The predicted molar refractivity (Wildman–Crippen MR) is 128 cm³/mol. The van der Waals surface area contributed by atoms with Crippen LogP contribution in [0.5, 0.6) is 0 Å². The normalized spacial score (nSPS) is 14.2. The minimum atomic E-state index is -4.42. The van der Waals surface area contributed by atoms with Crippen LogP contribution in [-0.2, 0) is 12.7 Å². The molecular formula is C26H23F3N6O. The molecule has 0 N–H and O–H groups in total. The monoisotopic (exact) mass is 492 g/mol. The van der Waals surface area contributed by atoms with Gasteiger partial charge in [-0.1, -0.05) is 30.3 Å². The molecule has 0 aliphatic carbocycles. The molecule has 4 heterocycles. The van der Waals surface area contributed by atoms with Crippen molar-refractivity contribution in [1.82, 2.24) is 24.6 Å². The van der Waals surface area contributed by atoms with Crippen molar-refractivity contribution in [2.75, 3.05) is 31.1 Å². The average Bonchev–Trinajstić information content (AvgIpc) is 3.33. The molecule has 0 unspecified atom stereocenters. The van der Waals surface area contributed by atoms with Gasteiger partial charge in [-0.05, 0) is 29.8 Å². The topological polar surface area (TPSA) is 67.2 Å². The second-order valence-corrected chi connectivity index (χ2v) is 8.50. The summed E-state index contributed by atoms with van der Waals surface area (Å²) in [5.74, 6) is 0.315. The highest BCUT2D eigenvalue weighted by atomic mass is 19.4. The van der Waals surface area contributed by atoms with Gasteiger partial charge in [0.05, 0.1) is 17.7 Å². The lowest BCUT2D eigenvalue weighted by Gasteiger charge is -2.35. The van der Waals surface area contributed by atoms with E-state index in [1.165, 1.54) is 6.07 Å². The van der Waals surface area contributed by atoms with Crippen LogP contribution in [0.3, 0.4) is 0 Å². The highest BCUT2D eigenvalue weighted by Crippen LogP contribution is 2.30. The fourth-order valence-corrected chi connectivity index (χ4v) is 4.20. The summed E-state index contributed by atoms with van der Waals surface area (Å²) in [6.45, 7) is 2.28. The molecule has 1 fully saturated rings. The van der Waals surface area contributed by atoms with Crippen LogP contribution in [0, 0.1) is 0 Å². The van der Waals surface area contributed by atoms with Crippen molar-refractivity contribution in [3.63, 3.8) is 0 Å². The Balaban J connectivity index is 1.33. The standard InChI is InChI=1S/C26H23F3N6O/c27-26(28,29)21-8-9-23(31-16-21)33-11-13-34(14-12-33)25(36)22-18-35(17-19-5-2-1-3-6-19)32-24(22)20-7-4-10-30-15-20/h1-10,15-16,18H,11-14,17H2. The molecule has 1 amide bonds. The van der Waals surface area contributed by atoms with Crippen LogP contribution >= 0.6 is 0 Å². The number of anilines is 1. The highest BCUT2D eigenvalue weighted by molar-refractivity contribution is 5.99. The molecule has 0 radical (unpaired) electrons. The number of aromatic nitrogens is 4. The molecule has 1 aromatic carbocycles. The van der Waals surface area contributed by atoms with Crippen LogP contribution in [0.25, 0.3) is 11.3 Å². The van der Waals surface area contributed by atoms with E-state index in [1.807, 2.05) is 41.3 Å². The molecule has 1 aliphatic rings. The Morgan fingerprint density at radius 2 is 1.69 bits per heavy atom. The Morgan fingerprint density at radius 1 is 0.917 bits per heavy atom. The third-order valence-corrected chi connectivity index (χ3v) is 6.08. The summed E-state index contributed by atoms with van der Waals surface area (Å²) in [5.41, 5.74) is 2.08. The summed E-state index contributed by atoms with van der Waals surface area (Å²) >= 11 is 0. The molecule has 3 aromatic heterocycles. The molecule has 0 atom stereocenters. The van der Waals surface area contributed by atoms with E-state index < -0.39 is 11.7 Å². The Hall–Kier alpha value is -4.21. The first kappa shape index (κ1) is 23.5. The lowest BCUT2D eigenvalue weighted by Crippen LogP contribution is -2.49. The van der Waals surface area contributed by atoms with Gasteiger partial charge in [0.15, 0.2) is 0 Å². The second-order valence-electron chi connectivity index (χ2n) is 8.50. The van der Waals surface area contributed by atoms with E-state index in [1.54, 1.807) is 34.2 Å². The second kappa shape index (κ2) is 9.80. The maximum atomic E-state index is 13.6. The van der Waals surface area contributed by atoms with E-state index in [-0.39, 0.29) is 5.91 Å². The maximum absolute atomic E-state index is 13.6. The lowest BCUT2D eigenvalue weighted by molar-refractivity contribution is -0.137. The Labute approximate surface area is 205 Å². The van der Waals surface area contributed by atoms with E-state index in [4.69, 9.17) is 5.10 Å². The maximum Gasteiger partial charge on any atom is 0.417 e. The summed E-state index contributed by atoms with van der Waals surface area (Å²) in [5, 5.41) is 4.70. The minimum Gasteiger partial charge on any atom is -0.353 e. The van der Waals surface area contributed by atoms with Gasteiger partial charge < -0.3 is 9.80 Å². The number of nitrogens with zero attached hydrogens (tertiary/aromatic N) is 6. The number of hydrogen-bond acceptors (Lipinski definition) is 5. The number of benzene rings is 1. The number of carbonyl (C=O) groups excluding carboxylic acids is 1. The molecule has 1 aliphatic heterocycles. The fourth-order valence-electron chi connectivity index (χ4n) is 4.20. The fraction of sp³-hybridized carbons (Fsp3) is 0.231. The van der Waals surface area contributed by atoms with E-state index >= 15 is 0 Å². The van der Waals surface area contributed by atoms with E-state index in [2.05, 4.69) is 9.97 Å². The molecule has 0 spiro atoms. The number of alkyl halides is 3. The first-order valence-corrected chi connectivity index (χ1v) is 11.5. The Morgan fingerprint density at radius 3 is 2.33 bits per heavy atom. The minimum absolute atomic E-state index is 0.145. The van der Waals surface area contributed by atoms with Gasteiger partial charge in [-0.15, -0.1) is 0 Å². The summed E-state index contributed by atoms with van der Waals surface area (Å²) in [7, 11) is 0. The molecule has 0 saturated carbocycles. The molecular weight excluding hydrogens is 469 g/mol. The van der Waals surface area contributed by atoms with Gasteiger partial charge in [-0.3, -0.25) is 14.5 Å². The summed E-state index contributed by atoms with van der Waals surface area (Å²) in [4.78, 5) is 25.3. The van der Waals surface area contributed by atoms with Crippen LogP contribution in [0.1, 0.15) is 21.5 Å². The third-order valence-electron chi connectivity index (χ3n) is 6.08. The van der Waals surface area contributed by atoms with Crippen molar-refractivity contribution in [2.24, 2.45) is 0 Å².